The molecule has 2 amide bonds. The lowest BCUT2D eigenvalue weighted by Crippen LogP contribution is -2.53. The molecule has 0 aromatic carbocycles. The van der Waals surface area contributed by atoms with E-state index in [2.05, 4.69) is 14.9 Å². The van der Waals surface area contributed by atoms with E-state index in [1.54, 1.807) is 9.80 Å². The summed E-state index contributed by atoms with van der Waals surface area (Å²) in [7, 11) is 0. The first-order chi connectivity index (χ1) is 9.65. The molecule has 0 saturated carbocycles. The Hall–Kier alpha value is -1.70. The molecule has 110 valence electrons. The summed E-state index contributed by atoms with van der Waals surface area (Å²) in [6.07, 6.45) is 0.861. The molecule has 0 spiro atoms. The molecule has 1 aromatic heterocycles. The zero-order chi connectivity index (χ0) is 14.5. The number of hydrogen-bond donors (Lipinski definition) is 1. The van der Waals surface area contributed by atoms with Gasteiger partial charge in [0.1, 0.15) is 17.2 Å². The van der Waals surface area contributed by atoms with Gasteiger partial charge in [0.25, 0.3) is 0 Å². The van der Waals surface area contributed by atoms with Crippen LogP contribution in [0, 0.1) is 0 Å². The minimum atomic E-state index is -0.0338. The number of anilines is 1. The van der Waals surface area contributed by atoms with Gasteiger partial charge in [-0.1, -0.05) is 11.4 Å². The molecule has 1 aliphatic heterocycles. The molecule has 0 radical (unpaired) electrons. The maximum absolute atomic E-state index is 12.1. The Morgan fingerprint density at radius 3 is 2.60 bits per heavy atom. The average Bonchev–Trinajstić information content (AvgIpc) is 2.84. The molecule has 1 aromatic rings. The van der Waals surface area contributed by atoms with Gasteiger partial charge in [0.2, 0.25) is 11.8 Å². The monoisotopic (exact) mass is 297 g/mol. The smallest absolute Gasteiger partial charge is 0.243 e. The second-order valence-corrected chi connectivity index (χ2v) is 5.40. The summed E-state index contributed by atoms with van der Waals surface area (Å²) >= 11 is 1.27. The zero-order valence-corrected chi connectivity index (χ0v) is 12.6. The van der Waals surface area contributed by atoms with Crippen LogP contribution in [0.5, 0.6) is 0 Å². The predicted molar refractivity (Wildman–Crippen MR) is 76.4 cm³/mol. The van der Waals surface area contributed by atoms with Crippen molar-refractivity contribution in [3.05, 3.63) is 5.69 Å². The number of carbonyl (C=O) groups is 2. The minimum absolute atomic E-state index is 0.000334. The summed E-state index contributed by atoms with van der Waals surface area (Å²) in [6, 6.07) is 0. The topological polar surface area (TPSA) is 78.4 Å². The first-order valence-corrected chi connectivity index (χ1v) is 7.53. The van der Waals surface area contributed by atoms with Crippen molar-refractivity contribution in [2.45, 2.75) is 26.8 Å². The molecule has 2 rings (SSSR count). The highest BCUT2D eigenvalue weighted by Gasteiger charge is 2.30. The van der Waals surface area contributed by atoms with Gasteiger partial charge in [-0.2, -0.15) is 0 Å². The van der Waals surface area contributed by atoms with E-state index in [-0.39, 0.29) is 24.9 Å². The summed E-state index contributed by atoms with van der Waals surface area (Å²) in [5.74, 6) is -0.0341. The maximum atomic E-state index is 12.1. The molecule has 0 atom stereocenters. The summed E-state index contributed by atoms with van der Waals surface area (Å²) in [5, 5.41) is 8.06. The van der Waals surface area contributed by atoms with Crippen LogP contribution in [-0.2, 0) is 16.1 Å². The highest BCUT2D eigenvalue weighted by Crippen LogP contribution is 2.20. The molecule has 0 unspecified atom stereocenters. The number of amides is 2. The fourth-order valence-electron chi connectivity index (χ4n) is 2.11. The van der Waals surface area contributed by atoms with E-state index >= 15 is 0 Å². The van der Waals surface area contributed by atoms with E-state index in [1.807, 2.05) is 13.8 Å². The molecular weight excluding hydrogens is 278 g/mol. The second kappa shape index (κ2) is 6.65. The van der Waals surface area contributed by atoms with Gasteiger partial charge in [-0.05, 0) is 13.3 Å². The number of nitrogens with zero attached hydrogens (tertiary/aromatic N) is 4. The summed E-state index contributed by atoms with van der Waals surface area (Å²) in [5.41, 5.74) is 0.724. The maximum Gasteiger partial charge on any atom is 0.243 e. The van der Waals surface area contributed by atoms with Crippen LogP contribution in [0.25, 0.3) is 0 Å². The van der Waals surface area contributed by atoms with E-state index in [4.69, 9.17) is 0 Å². The van der Waals surface area contributed by atoms with Gasteiger partial charge >= 0.3 is 0 Å². The SMILES string of the molecule is CCCN1CC(=O)N(Cc2nnsc2NCC)CC1=O. The van der Waals surface area contributed by atoms with E-state index in [0.717, 1.165) is 23.7 Å². The van der Waals surface area contributed by atoms with Gasteiger partial charge < -0.3 is 15.1 Å². The molecule has 1 aliphatic rings. The van der Waals surface area contributed by atoms with E-state index in [0.29, 0.717) is 13.1 Å². The van der Waals surface area contributed by atoms with Crippen LogP contribution in [0.4, 0.5) is 5.00 Å². The Morgan fingerprint density at radius 2 is 1.90 bits per heavy atom. The number of piperazine rings is 1. The van der Waals surface area contributed by atoms with Crippen molar-refractivity contribution in [1.82, 2.24) is 19.4 Å². The largest absolute Gasteiger partial charge is 0.374 e. The lowest BCUT2D eigenvalue weighted by Gasteiger charge is -2.33. The van der Waals surface area contributed by atoms with Gasteiger partial charge in [-0.3, -0.25) is 9.59 Å². The summed E-state index contributed by atoms with van der Waals surface area (Å²) < 4.78 is 3.89. The third kappa shape index (κ3) is 3.24. The Labute approximate surface area is 122 Å². The molecule has 0 bridgehead atoms. The van der Waals surface area contributed by atoms with Gasteiger partial charge in [0, 0.05) is 24.6 Å². The summed E-state index contributed by atoms with van der Waals surface area (Å²) in [4.78, 5) is 27.2. The third-order valence-electron chi connectivity index (χ3n) is 3.08. The lowest BCUT2D eigenvalue weighted by atomic mass is 10.2. The Bertz CT molecular complexity index is 490. The van der Waals surface area contributed by atoms with Crippen molar-refractivity contribution in [3.8, 4) is 0 Å². The van der Waals surface area contributed by atoms with Crippen LogP contribution < -0.4 is 5.32 Å². The highest BCUT2D eigenvalue weighted by atomic mass is 32.1. The van der Waals surface area contributed by atoms with Crippen LogP contribution in [0.15, 0.2) is 0 Å². The predicted octanol–water partition coefficient (Wildman–Crippen LogP) is 0.551. The Kier molecular flexibility index (Phi) is 4.89. The van der Waals surface area contributed by atoms with Gasteiger partial charge in [0.05, 0.1) is 13.1 Å². The van der Waals surface area contributed by atoms with Crippen molar-refractivity contribution >= 4 is 28.3 Å². The first-order valence-electron chi connectivity index (χ1n) is 6.76. The van der Waals surface area contributed by atoms with Gasteiger partial charge in [-0.15, -0.1) is 5.10 Å². The molecule has 0 aliphatic carbocycles. The normalized spacial score (nSPS) is 15.9. The molecule has 1 saturated heterocycles. The zero-order valence-electron chi connectivity index (χ0n) is 11.8. The number of nitrogens with one attached hydrogen (secondary N) is 1. The van der Waals surface area contributed by atoms with Crippen LogP contribution in [0.2, 0.25) is 0 Å². The average molecular weight is 297 g/mol. The van der Waals surface area contributed by atoms with Gasteiger partial charge in [-0.25, -0.2) is 0 Å². The van der Waals surface area contributed by atoms with Crippen molar-refractivity contribution in [3.63, 3.8) is 0 Å². The Balaban J connectivity index is 2.01. The highest BCUT2D eigenvalue weighted by molar-refractivity contribution is 7.10. The van der Waals surface area contributed by atoms with Crippen LogP contribution in [-0.4, -0.2) is 57.4 Å². The van der Waals surface area contributed by atoms with E-state index < -0.39 is 0 Å². The first kappa shape index (κ1) is 14.7. The van der Waals surface area contributed by atoms with Crippen molar-refractivity contribution in [2.75, 3.05) is 31.5 Å². The molecular formula is C12H19N5O2S. The van der Waals surface area contributed by atoms with Gasteiger partial charge in [0.15, 0.2) is 0 Å². The molecule has 7 nitrogen and oxygen atoms in total. The molecule has 8 heteroatoms. The fourth-order valence-corrected chi connectivity index (χ4v) is 2.75. The number of carbonyl (C=O) groups excluding carboxylic acids is 2. The standard InChI is InChI=1S/C12H19N5O2S/c1-3-5-16-7-11(19)17(8-10(16)18)6-9-12(13-4-2)20-15-14-9/h13H,3-8H2,1-2H3. The third-order valence-corrected chi connectivity index (χ3v) is 3.81. The molecule has 2 heterocycles. The number of hydrogen-bond acceptors (Lipinski definition) is 6. The van der Waals surface area contributed by atoms with E-state index in [9.17, 15) is 9.59 Å². The molecule has 20 heavy (non-hydrogen) atoms. The van der Waals surface area contributed by atoms with E-state index in [1.165, 1.54) is 11.5 Å². The Morgan fingerprint density at radius 1 is 1.20 bits per heavy atom. The summed E-state index contributed by atoms with van der Waals surface area (Å²) in [6.45, 7) is 6.02. The minimum Gasteiger partial charge on any atom is -0.374 e. The van der Waals surface area contributed by atoms with Crippen LogP contribution >= 0.6 is 11.5 Å². The quantitative estimate of drug-likeness (QED) is 0.829. The lowest BCUT2D eigenvalue weighted by molar-refractivity contribution is -0.150. The van der Waals surface area contributed by atoms with Crippen molar-refractivity contribution in [1.29, 1.82) is 0 Å². The number of aromatic nitrogens is 2. The van der Waals surface area contributed by atoms with Crippen molar-refractivity contribution < 1.29 is 9.59 Å². The molecule has 1 N–H and O–H groups in total. The van der Waals surface area contributed by atoms with Crippen LogP contribution in [0.3, 0.4) is 0 Å². The van der Waals surface area contributed by atoms with Crippen molar-refractivity contribution in [2.24, 2.45) is 0 Å². The fraction of sp³-hybridized carbons (Fsp3) is 0.667. The number of rotatable bonds is 6. The molecule has 1 fully saturated rings. The van der Waals surface area contributed by atoms with Crippen LogP contribution in [0.1, 0.15) is 26.0 Å². The second-order valence-electron chi connectivity index (χ2n) is 4.64.